The summed E-state index contributed by atoms with van der Waals surface area (Å²) in [6.07, 6.45) is 1.18. The van der Waals surface area contributed by atoms with Crippen LogP contribution in [0.5, 0.6) is 0 Å². The molecule has 0 aliphatic carbocycles. The van der Waals surface area contributed by atoms with Crippen LogP contribution in [-0.4, -0.2) is 24.1 Å². The Kier molecular flexibility index (Phi) is 5.46. The van der Waals surface area contributed by atoms with Crippen LogP contribution in [0.25, 0.3) is 6.08 Å². The van der Waals surface area contributed by atoms with Crippen LogP contribution in [0.15, 0.2) is 28.8 Å². The molecule has 23 heavy (non-hydrogen) atoms. The van der Waals surface area contributed by atoms with E-state index in [1.54, 1.807) is 0 Å². The third kappa shape index (κ3) is 4.47. The van der Waals surface area contributed by atoms with Crippen molar-refractivity contribution in [2.75, 3.05) is 0 Å². The zero-order valence-corrected chi connectivity index (χ0v) is 14.8. The highest BCUT2D eigenvalue weighted by Gasteiger charge is 2.53. The molecule has 0 saturated carbocycles. The molecule has 126 valence electrons. The minimum Gasteiger partial charge on any atom is -0.398 e. The Hall–Kier alpha value is -0.625. The smallest absolute Gasteiger partial charge is 0.398 e. The van der Waals surface area contributed by atoms with Gasteiger partial charge in [-0.15, -0.1) is 0 Å². The van der Waals surface area contributed by atoms with Crippen LogP contribution in [0, 0.1) is 0 Å². The van der Waals surface area contributed by atoms with E-state index in [4.69, 9.17) is 20.9 Å². The number of thioether (sulfide) groups is 1. The van der Waals surface area contributed by atoms with Crippen LogP contribution in [0.1, 0.15) is 33.3 Å². The van der Waals surface area contributed by atoms with Gasteiger partial charge in [0, 0.05) is 9.92 Å². The third-order valence-corrected chi connectivity index (χ3v) is 4.81. The summed E-state index contributed by atoms with van der Waals surface area (Å²) in [5.41, 5.74) is -1.59. The van der Waals surface area contributed by atoms with Gasteiger partial charge in [-0.3, -0.25) is 0 Å². The molecule has 1 aliphatic heterocycles. The van der Waals surface area contributed by atoms with Crippen molar-refractivity contribution in [3.8, 4) is 0 Å². The quantitative estimate of drug-likeness (QED) is 0.512. The van der Waals surface area contributed by atoms with Crippen molar-refractivity contribution in [1.29, 1.82) is 0 Å². The normalized spacial score (nSPS) is 20.4. The predicted octanol–water partition coefficient (Wildman–Crippen LogP) is 5.60. The highest BCUT2D eigenvalue weighted by Crippen LogP contribution is 2.39. The van der Waals surface area contributed by atoms with Crippen LogP contribution in [0.3, 0.4) is 0 Å². The van der Waals surface area contributed by atoms with E-state index in [1.165, 1.54) is 24.3 Å². The van der Waals surface area contributed by atoms with Gasteiger partial charge in [-0.05, 0) is 57.5 Å². The summed E-state index contributed by atoms with van der Waals surface area (Å²) in [5, 5.41) is 0.253. The SMILES string of the molecule is CC1(C)OB(C(F)=Cc2cc(Cl)cc(SC(F)F)c2)OC1(C)C. The van der Waals surface area contributed by atoms with Crippen molar-refractivity contribution >= 4 is 36.6 Å². The molecule has 0 N–H and O–H groups in total. The monoisotopic (exact) mass is 364 g/mol. The van der Waals surface area contributed by atoms with Crippen LogP contribution in [-0.2, 0) is 9.31 Å². The molecule has 1 aromatic carbocycles. The number of alkyl halides is 2. The Morgan fingerprint density at radius 2 is 1.74 bits per heavy atom. The first-order chi connectivity index (χ1) is 10.5. The molecule has 1 aliphatic rings. The Labute approximate surface area is 143 Å². The molecule has 0 atom stereocenters. The van der Waals surface area contributed by atoms with E-state index in [0.29, 0.717) is 17.3 Å². The van der Waals surface area contributed by atoms with Gasteiger partial charge >= 0.3 is 7.12 Å². The van der Waals surface area contributed by atoms with E-state index in [0.717, 1.165) is 0 Å². The second-order valence-corrected chi connectivity index (χ2v) is 7.72. The highest BCUT2D eigenvalue weighted by molar-refractivity contribution is 7.99. The first kappa shape index (κ1) is 18.7. The number of halogens is 4. The maximum absolute atomic E-state index is 14.4. The fourth-order valence-corrected chi connectivity index (χ4v) is 2.93. The van der Waals surface area contributed by atoms with E-state index in [1.807, 2.05) is 27.7 Å². The summed E-state index contributed by atoms with van der Waals surface area (Å²) in [6, 6.07) is 4.33. The second kappa shape index (κ2) is 6.71. The molecule has 0 aromatic heterocycles. The molecule has 1 aromatic rings. The van der Waals surface area contributed by atoms with Gasteiger partial charge in [-0.1, -0.05) is 23.4 Å². The zero-order chi connectivity index (χ0) is 17.4. The molecular formula is C15H17BClF3O2S. The molecule has 0 radical (unpaired) electrons. The first-order valence-corrected chi connectivity index (χ1v) is 8.24. The predicted molar refractivity (Wildman–Crippen MR) is 88.5 cm³/mol. The topological polar surface area (TPSA) is 18.5 Å². The van der Waals surface area contributed by atoms with Crippen molar-refractivity contribution in [2.24, 2.45) is 0 Å². The van der Waals surface area contributed by atoms with Gasteiger partial charge in [0.1, 0.15) is 5.73 Å². The van der Waals surface area contributed by atoms with E-state index in [2.05, 4.69) is 0 Å². The Balaban J connectivity index is 2.23. The average molecular weight is 365 g/mol. The van der Waals surface area contributed by atoms with Crippen molar-refractivity contribution < 1.29 is 22.5 Å². The van der Waals surface area contributed by atoms with E-state index in [-0.39, 0.29) is 9.92 Å². The van der Waals surface area contributed by atoms with Crippen molar-refractivity contribution in [1.82, 2.24) is 0 Å². The standard InChI is InChI=1S/C15H17BClF3O2S/c1-14(2)15(3,4)22-16(21-14)12(18)7-9-5-10(17)8-11(6-9)23-13(19)20/h5-8,13H,1-4H3. The van der Waals surface area contributed by atoms with Gasteiger partial charge in [-0.25, -0.2) is 4.39 Å². The minimum atomic E-state index is -2.57. The molecule has 0 spiro atoms. The summed E-state index contributed by atoms with van der Waals surface area (Å²) in [5.74, 6) is -2.57. The molecule has 8 heteroatoms. The van der Waals surface area contributed by atoms with Gasteiger partial charge in [-0.2, -0.15) is 8.78 Å². The van der Waals surface area contributed by atoms with Gasteiger partial charge in [0.25, 0.3) is 5.76 Å². The van der Waals surface area contributed by atoms with Gasteiger partial charge in [0.15, 0.2) is 0 Å². The first-order valence-electron chi connectivity index (χ1n) is 6.98. The third-order valence-electron chi connectivity index (χ3n) is 3.90. The van der Waals surface area contributed by atoms with Crippen LogP contribution in [0.2, 0.25) is 5.02 Å². The second-order valence-electron chi connectivity index (χ2n) is 6.22. The van der Waals surface area contributed by atoms with E-state index < -0.39 is 29.8 Å². The molecule has 1 fully saturated rings. The zero-order valence-electron chi connectivity index (χ0n) is 13.2. The van der Waals surface area contributed by atoms with E-state index in [9.17, 15) is 13.2 Å². The largest absolute Gasteiger partial charge is 0.525 e. The molecule has 1 heterocycles. The lowest BCUT2D eigenvalue weighted by atomic mass is 9.87. The van der Waals surface area contributed by atoms with Crippen LogP contribution in [0.4, 0.5) is 13.2 Å². The van der Waals surface area contributed by atoms with E-state index >= 15 is 0 Å². The maximum atomic E-state index is 14.4. The van der Waals surface area contributed by atoms with Gasteiger partial charge in [0.05, 0.1) is 11.2 Å². The van der Waals surface area contributed by atoms with Gasteiger partial charge < -0.3 is 9.31 Å². The number of hydrogen-bond acceptors (Lipinski definition) is 3. The van der Waals surface area contributed by atoms with Crippen molar-refractivity contribution in [3.05, 3.63) is 34.5 Å². The highest BCUT2D eigenvalue weighted by atomic mass is 35.5. The Morgan fingerprint density at radius 3 is 2.26 bits per heavy atom. The fourth-order valence-electron chi connectivity index (χ4n) is 2.02. The summed E-state index contributed by atoms with van der Waals surface area (Å²) < 4.78 is 50.5. The lowest BCUT2D eigenvalue weighted by molar-refractivity contribution is 0.00578. The van der Waals surface area contributed by atoms with Crippen molar-refractivity contribution in [2.45, 2.75) is 49.6 Å². The lowest BCUT2D eigenvalue weighted by Gasteiger charge is -2.32. The van der Waals surface area contributed by atoms with Gasteiger partial charge in [0.2, 0.25) is 0 Å². The lowest BCUT2D eigenvalue weighted by Crippen LogP contribution is -2.41. The molecule has 1 saturated heterocycles. The fraction of sp³-hybridized carbons (Fsp3) is 0.467. The maximum Gasteiger partial charge on any atom is 0.525 e. The summed E-state index contributed by atoms with van der Waals surface area (Å²) in [7, 11) is -1.13. The number of rotatable bonds is 4. The summed E-state index contributed by atoms with van der Waals surface area (Å²) in [6.45, 7) is 7.27. The summed E-state index contributed by atoms with van der Waals surface area (Å²) in [4.78, 5) is 0.264. The number of benzene rings is 1. The molecule has 2 rings (SSSR count). The molecule has 0 amide bonds. The Morgan fingerprint density at radius 1 is 1.17 bits per heavy atom. The molecular weight excluding hydrogens is 347 g/mol. The average Bonchev–Trinajstić information content (AvgIpc) is 2.56. The molecule has 2 nitrogen and oxygen atoms in total. The van der Waals surface area contributed by atoms with Crippen molar-refractivity contribution in [3.63, 3.8) is 0 Å². The Bertz CT molecular complexity index is 607. The minimum absolute atomic E-state index is 0.253. The van der Waals surface area contributed by atoms with Crippen LogP contribution < -0.4 is 0 Å². The van der Waals surface area contributed by atoms with Crippen LogP contribution >= 0.6 is 23.4 Å². The number of hydrogen-bond donors (Lipinski definition) is 0. The molecule has 0 unspecified atom stereocenters. The summed E-state index contributed by atoms with van der Waals surface area (Å²) >= 11 is 6.25. The molecule has 0 bridgehead atoms.